The molecule has 0 aromatic carbocycles. The topological polar surface area (TPSA) is 0 Å². The van der Waals surface area contributed by atoms with Crippen molar-refractivity contribution in [2.45, 2.75) is 70.2 Å². The van der Waals surface area contributed by atoms with Gasteiger partial charge in [-0.3, -0.25) is 12.2 Å². The average molecular weight is 447 g/mol. The van der Waals surface area contributed by atoms with Gasteiger partial charge in [0, 0.05) is 0 Å². The van der Waals surface area contributed by atoms with Gasteiger partial charge in [0.25, 0.3) is 14.1 Å². The van der Waals surface area contributed by atoms with Crippen LogP contribution in [0, 0.1) is 29.9 Å². The molecule has 0 spiro atoms. The van der Waals surface area contributed by atoms with Crippen LogP contribution in [0.25, 0.3) is 0 Å². The quantitative estimate of drug-likeness (QED) is 0.422. The summed E-state index contributed by atoms with van der Waals surface area (Å²) in [5.41, 5.74) is 0. The van der Waals surface area contributed by atoms with E-state index in [0.717, 1.165) is 30.6 Å². The molecule has 0 unspecified atom stereocenters. The van der Waals surface area contributed by atoms with Gasteiger partial charge in [-0.2, -0.15) is 12.2 Å². The average Bonchev–Trinajstić information content (AvgIpc) is 3.16. The summed E-state index contributed by atoms with van der Waals surface area (Å²) < 4.78 is 0. The fourth-order valence-corrected chi connectivity index (χ4v) is 7.55. The summed E-state index contributed by atoms with van der Waals surface area (Å²) in [5.74, 6) is 2.78. The molecule has 2 aliphatic rings. The van der Waals surface area contributed by atoms with Crippen LogP contribution in [0.4, 0.5) is 0 Å². The van der Waals surface area contributed by atoms with Gasteiger partial charge in [-0.1, -0.05) is 75.1 Å². The van der Waals surface area contributed by atoms with Crippen molar-refractivity contribution in [2.75, 3.05) is 0 Å². The molecule has 0 amide bonds. The Balaban J connectivity index is -0.000000154. The molecule has 0 N–H and O–H groups in total. The van der Waals surface area contributed by atoms with Gasteiger partial charge in [-0.05, 0) is 0 Å². The van der Waals surface area contributed by atoms with Gasteiger partial charge < -0.3 is 24.8 Å². The Kier molecular flexibility index (Phi) is 31.4. The molecule has 0 bridgehead atoms. The largest absolute Gasteiger partial charge is 4.00 e. The maximum Gasteiger partial charge on any atom is 4.00 e. The van der Waals surface area contributed by atoms with Gasteiger partial charge in [0.2, 0.25) is 0 Å². The molecule has 0 nitrogen and oxygen atoms in total. The Bertz CT molecular complexity index is 320. The van der Waals surface area contributed by atoms with E-state index < -0.39 is 14.1 Å². The summed E-state index contributed by atoms with van der Waals surface area (Å²) >= 11 is -0.407. The van der Waals surface area contributed by atoms with Crippen molar-refractivity contribution in [1.29, 1.82) is 0 Å². The first-order valence-corrected chi connectivity index (χ1v) is 11.8. The van der Waals surface area contributed by atoms with E-state index in [1.54, 1.807) is 15.8 Å². The van der Waals surface area contributed by atoms with Crippen molar-refractivity contribution < 1.29 is 46.5 Å². The molecule has 146 valence electrons. The SMILES string of the molecule is CC(C)[CH2][Al]([CH2]C(C)C)[CH2]C(C)C.[C-]1=CC=CC1.[C-]1=CC=CC1.[Cl-].[Cl-].[Ti+4]. The monoisotopic (exact) mass is 446 g/mol. The van der Waals surface area contributed by atoms with Gasteiger partial charge in [0.1, 0.15) is 0 Å². The first kappa shape index (κ1) is 34.3. The maximum absolute atomic E-state index is 2.99. The van der Waals surface area contributed by atoms with E-state index in [1.165, 1.54) is 0 Å². The number of halogens is 2. The Labute approximate surface area is 196 Å². The molecule has 2 aliphatic carbocycles. The minimum Gasteiger partial charge on any atom is -1.00 e. The third kappa shape index (κ3) is 27.0. The second-order valence-electron chi connectivity index (χ2n) is 7.76. The van der Waals surface area contributed by atoms with Crippen LogP contribution in [-0.2, 0) is 21.7 Å². The fraction of sp³-hybridized carbons (Fsp3) is 0.636. The Morgan fingerprint density at radius 2 is 1.00 bits per heavy atom. The normalized spacial score (nSPS) is 12.7. The summed E-state index contributed by atoms with van der Waals surface area (Å²) in [6.45, 7) is 14.3. The zero-order chi connectivity index (χ0) is 17.5. The van der Waals surface area contributed by atoms with Crippen LogP contribution >= 0.6 is 0 Å². The second-order valence-corrected chi connectivity index (χ2v) is 10.9. The van der Waals surface area contributed by atoms with Crippen LogP contribution in [0.2, 0.25) is 15.8 Å². The van der Waals surface area contributed by atoms with Crippen LogP contribution < -0.4 is 24.8 Å². The van der Waals surface area contributed by atoms with Gasteiger partial charge in [-0.15, -0.1) is 12.8 Å². The van der Waals surface area contributed by atoms with Crippen LogP contribution in [-0.4, -0.2) is 14.1 Å². The molecule has 26 heavy (non-hydrogen) atoms. The summed E-state index contributed by atoms with van der Waals surface area (Å²) in [6.07, 6.45) is 20.0. The molecule has 0 saturated carbocycles. The van der Waals surface area contributed by atoms with Crippen molar-refractivity contribution in [2.24, 2.45) is 17.8 Å². The molecule has 0 radical (unpaired) electrons. The summed E-state index contributed by atoms with van der Waals surface area (Å²) in [4.78, 5) is 0. The summed E-state index contributed by atoms with van der Waals surface area (Å²) in [6, 6.07) is 0. The smallest absolute Gasteiger partial charge is 1.00 e. The van der Waals surface area contributed by atoms with E-state index >= 15 is 0 Å². The minimum atomic E-state index is -0.407. The molecule has 0 heterocycles. The van der Waals surface area contributed by atoms with E-state index in [-0.39, 0.29) is 46.5 Å². The number of hydrogen-bond acceptors (Lipinski definition) is 0. The van der Waals surface area contributed by atoms with Crippen LogP contribution in [0.1, 0.15) is 54.4 Å². The molecule has 0 fully saturated rings. The van der Waals surface area contributed by atoms with Crippen molar-refractivity contribution in [3.05, 3.63) is 48.6 Å². The first-order valence-electron chi connectivity index (χ1n) is 9.35. The van der Waals surface area contributed by atoms with Crippen LogP contribution in [0.15, 0.2) is 36.5 Å². The number of allylic oxidation sites excluding steroid dienone is 8. The van der Waals surface area contributed by atoms with E-state index in [1.807, 2.05) is 24.3 Å². The predicted molar refractivity (Wildman–Crippen MR) is 108 cm³/mol. The molecule has 0 aromatic rings. The van der Waals surface area contributed by atoms with Crippen LogP contribution in [0.3, 0.4) is 0 Å². The van der Waals surface area contributed by atoms with Crippen LogP contribution in [0.5, 0.6) is 0 Å². The first-order chi connectivity index (χ1) is 10.9. The second kappa shape index (κ2) is 23.8. The summed E-state index contributed by atoms with van der Waals surface area (Å²) in [5, 5.41) is 4.66. The molecular weight excluding hydrogens is 410 g/mol. The van der Waals surface area contributed by atoms with Crippen molar-refractivity contribution >= 4 is 14.1 Å². The maximum atomic E-state index is 2.99. The number of hydrogen-bond donors (Lipinski definition) is 0. The van der Waals surface area contributed by atoms with E-state index in [2.05, 4.69) is 65.8 Å². The van der Waals surface area contributed by atoms with Gasteiger partial charge in [0.15, 0.2) is 0 Å². The standard InChI is InChI=1S/2C5H5.3C4H9.Al.2ClH.Ti/c2*1-2-4-5-3-1;3*1-4(2)3;;;;/h2*1-3H,4H2;3*4H,1H2,2-3H3;;2*1H;/q2*-1;;;;;;;+4/p-2. The minimum absolute atomic E-state index is 0. The predicted octanol–water partition coefficient (Wildman–Crippen LogP) is 1.07. The zero-order valence-corrected chi connectivity index (χ0v) is 21.8. The number of rotatable bonds is 6. The third-order valence-electron chi connectivity index (χ3n) is 3.59. The van der Waals surface area contributed by atoms with Gasteiger partial charge in [-0.25, -0.2) is 24.3 Å². The molecule has 0 atom stereocenters. The van der Waals surface area contributed by atoms with Gasteiger partial charge >= 0.3 is 21.7 Å². The van der Waals surface area contributed by atoms with E-state index in [9.17, 15) is 0 Å². The third-order valence-corrected chi connectivity index (χ3v) is 8.41. The molecule has 2 rings (SSSR count). The van der Waals surface area contributed by atoms with E-state index in [4.69, 9.17) is 0 Å². The Morgan fingerprint density at radius 1 is 0.692 bits per heavy atom. The van der Waals surface area contributed by atoms with Crippen molar-refractivity contribution in [1.82, 2.24) is 0 Å². The zero-order valence-electron chi connectivity index (χ0n) is 17.6. The van der Waals surface area contributed by atoms with Crippen molar-refractivity contribution in [3.8, 4) is 0 Å². The van der Waals surface area contributed by atoms with Crippen molar-refractivity contribution in [3.63, 3.8) is 0 Å². The molecule has 4 heteroatoms. The molecular formula is C22H37AlCl2Ti. The molecule has 0 aliphatic heterocycles. The fourth-order valence-electron chi connectivity index (χ4n) is 2.97. The van der Waals surface area contributed by atoms with Gasteiger partial charge in [0.05, 0.1) is 0 Å². The molecule has 0 aromatic heterocycles. The molecule has 0 saturated heterocycles. The summed E-state index contributed by atoms with van der Waals surface area (Å²) in [7, 11) is 0. The van der Waals surface area contributed by atoms with E-state index in [0.29, 0.717) is 0 Å². The Morgan fingerprint density at radius 3 is 1.12 bits per heavy atom. The Hall–Kier alpha value is 0.787.